The average Bonchev–Trinajstić information content (AvgIpc) is 2.39. The normalized spacial score (nSPS) is 14.4. The molecule has 100 valence electrons. The Morgan fingerprint density at radius 1 is 1.17 bits per heavy atom. The molecule has 1 aromatic rings. The maximum atomic E-state index is 11.9. The molecular formula is C15H23NO2. The third-order valence-corrected chi connectivity index (χ3v) is 3.52. The SMILES string of the molecule is CCCC(C(=O)O)(c1ccccc1)N(CC)CC. The predicted molar refractivity (Wildman–Crippen MR) is 73.6 cm³/mol. The molecule has 0 saturated heterocycles. The van der Waals surface area contributed by atoms with Crippen LogP contribution in [0.2, 0.25) is 0 Å². The lowest BCUT2D eigenvalue weighted by Gasteiger charge is -2.40. The molecule has 1 unspecified atom stereocenters. The van der Waals surface area contributed by atoms with Crippen LogP contribution >= 0.6 is 0 Å². The second kappa shape index (κ2) is 6.55. The first-order chi connectivity index (χ1) is 8.63. The Hall–Kier alpha value is -1.35. The van der Waals surface area contributed by atoms with E-state index in [0.29, 0.717) is 6.42 Å². The highest BCUT2D eigenvalue weighted by atomic mass is 16.4. The van der Waals surface area contributed by atoms with Gasteiger partial charge in [-0.25, -0.2) is 4.79 Å². The molecule has 0 aliphatic heterocycles. The first-order valence-electron chi connectivity index (χ1n) is 6.67. The minimum Gasteiger partial charge on any atom is -0.480 e. The fourth-order valence-electron chi connectivity index (χ4n) is 2.69. The largest absolute Gasteiger partial charge is 0.480 e. The van der Waals surface area contributed by atoms with E-state index in [-0.39, 0.29) is 0 Å². The molecule has 0 aliphatic rings. The molecular weight excluding hydrogens is 226 g/mol. The highest BCUT2D eigenvalue weighted by Crippen LogP contribution is 2.33. The van der Waals surface area contributed by atoms with Crippen LogP contribution in [0, 0.1) is 0 Å². The van der Waals surface area contributed by atoms with Crippen LogP contribution in [0.4, 0.5) is 0 Å². The van der Waals surface area contributed by atoms with Gasteiger partial charge in [0, 0.05) is 0 Å². The molecule has 18 heavy (non-hydrogen) atoms. The van der Waals surface area contributed by atoms with Gasteiger partial charge in [0.05, 0.1) is 0 Å². The summed E-state index contributed by atoms with van der Waals surface area (Å²) in [6.45, 7) is 7.53. The summed E-state index contributed by atoms with van der Waals surface area (Å²) in [5.74, 6) is -0.751. The molecule has 0 radical (unpaired) electrons. The van der Waals surface area contributed by atoms with Gasteiger partial charge in [-0.05, 0) is 25.1 Å². The summed E-state index contributed by atoms with van der Waals surface area (Å²) in [5, 5.41) is 9.80. The highest BCUT2D eigenvalue weighted by molar-refractivity contribution is 5.80. The van der Waals surface area contributed by atoms with E-state index in [1.807, 2.05) is 56.0 Å². The van der Waals surface area contributed by atoms with Crippen molar-refractivity contribution in [2.75, 3.05) is 13.1 Å². The van der Waals surface area contributed by atoms with Gasteiger partial charge in [-0.3, -0.25) is 4.90 Å². The molecule has 0 bridgehead atoms. The third-order valence-electron chi connectivity index (χ3n) is 3.52. The molecule has 3 nitrogen and oxygen atoms in total. The van der Waals surface area contributed by atoms with Crippen LogP contribution < -0.4 is 0 Å². The summed E-state index contributed by atoms with van der Waals surface area (Å²) >= 11 is 0. The monoisotopic (exact) mass is 249 g/mol. The van der Waals surface area contributed by atoms with Crippen LogP contribution in [0.5, 0.6) is 0 Å². The smallest absolute Gasteiger partial charge is 0.328 e. The van der Waals surface area contributed by atoms with Crippen LogP contribution in [-0.4, -0.2) is 29.1 Å². The van der Waals surface area contributed by atoms with Crippen LogP contribution in [0.3, 0.4) is 0 Å². The molecule has 1 aromatic carbocycles. The minimum absolute atomic E-state index is 0.633. The van der Waals surface area contributed by atoms with Crippen molar-refractivity contribution in [1.82, 2.24) is 4.90 Å². The Kier molecular flexibility index (Phi) is 5.35. The molecule has 0 aromatic heterocycles. The number of benzene rings is 1. The first kappa shape index (κ1) is 14.7. The predicted octanol–water partition coefficient (Wildman–Crippen LogP) is 3.11. The molecule has 0 fully saturated rings. The van der Waals surface area contributed by atoms with E-state index in [9.17, 15) is 9.90 Å². The quantitative estimate of drug-likeness (QED) is 0.807. The van der Waals surface area contributed by atoms with Gasteiger partial charge in [-0.2, -0.15) is 0 Å². The summed E-state index contributed by atoms with van der Waals surface area (Å²) < 4.78 is 0. The number of hydrogen-bond donors (Lipinski definition) is 1. The Labute approximate surface area is 109 Å². The van der Waals surface area contributed by atoms with Crippen molar-refractivity contribution in [1.29, 1.82) is 0 Å². The van der Waals surface area contributed by atoms with Gasteiger partial charge in [0.2, 0.25) is 0 Å². The van der Waals surface area contributed by atoms with Crippen molar-refractivity contribution >= 4 is 5.97 Å². The molecule has 1 atom stereocenters. The number of rotatable bonds is 7. The van der Waals surface area contributed by atoms with E-state index in [0.717, 1.165) is 25.1 Å². The van der Waals surface area contributed by atoms with Crippen LogP contribution in [0.25, 0.3) is 0 Å². The van der Waals surface area contributed by atoms with Crippen molar-refractivity contribution in [3.05, 3.63) is 35.9 Å². The van der Waals surface area contributed by atoms with Gasteiger partial charge >= 0.3 is 5.97 Å². The average molecular weight is 249 g/mol. The standard InChI is InChI=1S/C15H23NO2/c1-4-12-15(14(17)18,16(5-2)6-3)13-10-8-7-9-11-13/h7-11H,4-6,12H2,1-3H3,(H,17,18). The maximum absolute atomic E-state index is 11.9. The van der Waals surface area contributed by atoms with Crippen LogP contribution in [0.15, 0.2) is 30.3 Å². The van der Waals surface area contributed by atoms with Crippen molar-refractivity contribution in [3.63, 3.8) is 0 Å². The second-order valence-corrected chi connectivity index (χ2v) is 4.45. The van der Waals surface area contributed by atoms with E-state index in [1.54, 1.807) is 0 Å². The molecule has 0 amide bonds. The maximum Gasteiger partial charge on any atom is 0.328 e. The number of carboxylic acid groups (broad SMARTS) is 1. The second-order valence-electron chi connectivity index (χ2n) is 4.45. The number of carboxylic acids is 1. The molecule has 0 heterocycles. The minimum atomic E-state index is -0.889. The third kappa shape index (κ3) is 2.56. The molecule has 3 heteroatoms. The van der Waals surface area contributed by atoms with Crippen molar-refractivity contribution in [2.45, 2.75) is 39.2 Å². The van der Waals surface area contributed by atoms with Gasteiger partial charge in [0.1, 0.15) is 5.54 Å². The zero-order valence-electron chi connectivity index (χ0n) is 11.5. The summed E-state index contributed by atoms with van der Waals surface area (Å²) in [6.07, 6.45) is 1.48. The molecule has 0 aliphatic carbocycles. The van der Waals surface area contributed by atoms with Crippen molar-refractivity contribution in [2.24, 2.45) is 0 Å². The molecule has 1 rings (SSSR count). The Balaban J connectivity index is 3.34. The van der Waals surface area contributed by atoms with E-state index in [2.05, 4.69) is 0 Å². The first-order valence-corrected chi connectivity index (χ1v) is 6.67. The summed E-state index contributed by atoms with van der Waals surface area (Å²) in [7, 11) is 0. The van der Waals surface area contributed by atoms with Crippen LogP contribution in [-0.2, 0) is 10.3 Å². The van der Waals surface area contributed by atoms with Gasteiger partial charge in [-0.15, -0.1) is 0 Å². The summed E-state index contributed by atoms with van der Waals surface area (Å²) in [5.41, 5.74) is -0.0116. The lowest BCUT2D eigenvalue weighted by atomic mass is 9.83. The van der Waals surface area contributed by atoms with E-state index in [4.69, 9.17) is 0 Å². The van der Waals surface area contributed by atoms with E-state index < -0.39 is 11.5 Å². The summed E-state index contributed by atoms with van der Waals surface area (Å²) in [4.78, 5) is 14.0. The fraction of sp³-hybridized carbons (Fsp3) is 0.533. The summed E-state index contributed by atoms with van der Waals surface area (Å²) in [6, 6.07) is 9.58. The lowest BCUT2D eigenvalue weighted by molar-refractivity contribution is -0.153. The van der Waals surface area contributed by atoms with E-state index >= 15 is 0 Å². The number of hydrogen-bond acceptors (Lipinski definition) is 2. The number of carbonyl (C=O) groups is 1. The van der Waals surface area contributed by atoms with Gasteiger partial charge in [0.25, 0.3) is 0 Å². The molecule has 0 saturated carbocycles. The number of aliphatic carboxylic acids is 1. The fourth-order valence-corrected chi connectivity index (χ4v) is 2.69. The number of nitrogens with zero attached hydrogens (tertiary/aromatic N) is 1. The van der Waals surface area contributed by atoms with E-state index in [1.165, 1.54) is 0 Å². The van der Waals surface area contributed by atoms with Crippen molar-refractivity contribution in [3.8, 4) is 0 Å². The van der Waals surface area contributed by atoms with Gasteiger partial charge < -0.3 is 5.11 Å². The Morgan fingerprint density at radius 2 is 1.72 bits per heavy atom. The highest BCUT2D eigenvalue weighted by Gasteiger charge is 2.43. The lowest BCUT2D eigenvalue weighted by Crippen LogP contribution is -2.52. The van der Waals surface area contributed by atoms with Gasteiger partial charge in [0.15, 0.2) is 0 Å². The Morgan fingerprint density at radius 3 is 2.11 bits per heavy atom. The zero-order chi connectivity index (χ0) is 13.6. The molecule has 0 spiro atoms. The Bertz CT molecular complexity index is 373. The topological polar surface area (TPSA) is 40.5 Å². The van der Waals surface area contributed by atoms with Gasteiger partial charge in [-0.1, -0.05) is 57.5 Å². The molecule has 1 N–H and O–H groups in total. The zero-order valence-corrected chi connectivity index (χ0v) is 11.5. The van der Waals surface area contributed by atoms with Crippen LogP contribution in [0.1, 0.15) is 39.2 Å². The van der Waals surface area contributed by atoms with Crippen molar-refractivity contribution < 1.29 is 9.90 Å². The number of likely N-dealkylation sites (N-methyl/N-ethyl adjacent to an activating group) is 1.